The Bertz CT molecular complexity index is 945. The monoisotopic (exact) mass is 442 g/mol. The number of fused-ring (bicyclic) bond motifs is 1. The van der Waals surface area contributed by atoms with Crippen LogP contribution in [0.5, 0.6) is 11.5 Å². The number of piperazine rings is 1. The molecule has 7 nitrogen and oxygen atoms in total. The fourth-order valence-corrected chi connectivity index (χ4v) is 4.13. The van der Waals surface area contributed by atoms with Gasteiger partial charge in [0.2, 0.25) is 0 Å². The zero-order valence-electron chi connectivity index (χ0n) is 18.8. The third-order valence-corrected chi connectivity index (χ3v) is 5.73. The number of guanidine groups is 1. The molecule has 172 valence electrons. The van der Waals surface area contributed by atoms with E-state index in [1.807, 2.05) is 12.1 Å². The maximum atomic E-state index is 14.0. The van der Waals surface area contributed by atoms with Gasteiger partial charge in [0.25, 0.3) is 0 Å². The Balaban J connectivity index is 1.38. The van der Waals surface area contributed by atoms with Crippen molar-refractivity contribution < 1.29 is 18.6 Å². The van der Waals surface area contributed by atoms with Crippen LogP contribution in [0.3, 0.4) is 0 Å². The highest BCUT2D eigenvalue weighted by molar-refractivity contribution is 5.80. The first-order valence-corrected chi connectivity index (χ1v) is 11.1. The van der Waals surface area contributed by atoms with Gasteiger partial charge < -0.3 is 29.3 Å². The number of halogens is 1. The molecule has 0 atom stereocenters. The molecule has 0 unspecified atom stereocenters. The van der Waals surface area contributed by atoms with Gasteiger partial charge in [-0.05, 0) is 43.2 Å². The molecule has 0 bridgehead atoms. The van der Waals surface area contributed by atoms with Crippen LogP contribution in [0.4, 0.5) is 10.1 Å². The zero-order valence-corrected chi connectivity index (χ0v) is 18.8. The first-order valence-electron chi connectivity index (χ1n) is 11.1. The summed E-state index contributed by atoms with van der Waals surface area (Å²) in [6.07, 6.45) is 0.610. The van der Waals surface area contributed by atoms with E-state index in [0.717, 1.165) is 61.3 Å². The van der Waals surface area contributed by atoms with Crippen LogP contribution in [0.1, 0.15) is 18.1 Å². The summed E-state index contributed by atoms with van der Waals surface area (Å²) in [4.78, 5) is 9.47. The highest BCUT2D eigenvalue weighted by atomic mass is 19.1. The molecule has 0 spiro atoms. The Morgan fingerprint density at radius 1 is 1.19 bits per heavy atom. The van der Waals surface area contributed by atoms with Crippen LogP contribution >= 0.6 is 0 Å². The second kappa shape index (κ2) is 10.5. The van der Waals surface area contributed by atoms with Crippen LogP contribution in [0.2, 0.25) is 0 Å². The van der Waals surface area contributed by atoms with Crippen molar-refractivity contribution in [3.63, 3.8) is 0 Å². The van der Waals surface area contributed by atoms with E-state index in [1.54, 1.807) is 13.2 Å². The third kappa shape index (κ3) is 5.24. The average molecular weight is 443 g/mol. The molecule has 1 N–H and O–H groups in total. The second-order valence-corrected chi connectivity index (χ2v) is 7.83. The van der Waals surface area contributed by atoms with Gasteiger partial charge in [-0.1, -0.05) is 6.07 Å². The lowest BCUT2D eigenvalue weighted by molar-refractivity contribution is -0.0172. The van der Waals surface area contributed by atoms with Gasteiger partial charge >= 0.3 is 0 Å². The molecular formula is C24H31FN4O3. The summed E-state index contributed by atoms with van der Waals surface area (Å²) in [6, 6.07) is 11.2. The Labute approximate surface area is 188 Å². The summed E-state index contributed by atoms with van der Waals surface area (Å²) >= 11 is 0. The van der Waals surface area contributed by atoms with E-state index in [0.29, 0.717) is 19.6 Å². The van der Waals surface area contributed by atoms with Crippen molar-refractivity contribution >= 4 is 11.6 Å². The standard InChI is InChI=1S/C24H31FN4O3/c1-3-26-24(27-8-7-18-13-20(25)14-19-16-31-17-32-23(18)19)29-11-9-28(10-12-29)21-5-4-6-22(15-21)30-2/h4-6,13-15H,3,7-12,16-17H2,1-2H3,(H,26,27). The van der Waals surface area contributed by atoms with E-state index in [4.69, 9.17) is 19.2 Å². The number of aliphatic imine (C=N–C) groups is 1. The minimum atomic E-state index is -0.266. The van der Waals surface area contributed by atoms with E-state index in [9.17, 15) is 4.39 Å². The van der Waals surface area contributed by atoms with Crippen molar-refractivity contribution in [3.05, 3.63) is 53.3 Å². The minimum Gasteiger partial charge on any atom is -0.497 e. The molecule has 2 aromatic carbocycles. The summed E-state index contributed by atoms with van der Waals surface area (Å²) in [5, 5.41) is 3.40. The maximum Gasteiger partial charge on any atom is 0.194 e. The molecule has 1 saturated heterocycles. The zero-order chi connectivity index (χ0) is 22.3. The van der Waals surface area contributed by atoms with Gasteiger partial charge in [-0.2, -0.15) is 0 Å². The molecule has 32 heavy (non-hydrogen) atoms. The second-order valence-electron chi connectivity index (χ2n) is 7.83. The summed E-state index contributed by atoms with van der Waals surface area (Å²) in [5.74, 6) is 2.24. The Morgan fingerprint density at radius 2 is 2.03 bits per heavy atom. The van der Waals surface area contributed by atoms with Crippen molar-refractivity contribution in [1.29, 1.82) is 0 Å². The molecular weight excluding hydrogens is 411 g/mol. The summed E-state index contributed by atoms with van der Waals surface area (Å²) in [7, 11) is 1.69. The Hall–Kier alpha value is -3.00. The lowest BCUT2D eigenvalue weighted by atomic mass is 10.1. The highest BCUT2D eigenvalue weighted by Gasteiger charge is 2.21. The van der Waals surface area contributed by atoms with Gasteiger partial charge in [0.05, 0.1) is 13.7 Å². The van der Waals surface area contributed by atoms with Crippen LogP contribution < -0.4 is 19.7 Å². The lowest BCUT2D eigenvalue weighted by Gasteiger charge is -2.37. The van der Waals surface area contributed by atoms with Crippen LogP contribution in [-0.2, 0) is 17.8 Å². The molecule has 2 aromatic rings. The van der Waals surface area contributed by atoms with Crippen molar-refractivity contribution in [2.75, 3.05) is 58.1 Å². The van der Waals surface area contributed by atoms with E-state index >= 15 is 0 Å². The molecule has 2 aliphatic rings. The number of nitrogens with zero attached hydrogens (tertiary/aromatic N) is 3. The number of hydrogen-bond donors (Lipinski definition) is 1. The van der Waals surface area contributed by atoms with Crippen LogP contribution in [0.25, 0.3) is 0 Å². The average Bonchev–Trinajstić information content (AvgIpc) is 2.83. The largest absolute Gasteiger partial charge is 0.497 e. The SMILES string of the molecule is CCNC(=NCCc1cc(F)cc2c1OCOC2)N1CCN(c2cccc(OC)c2)CC1. The fourth-order valence-electron chi connectivity index (χ4n) is 4.13. The molecule has 1 fully saturated rings. The summed E-state index contributed by atoms with van der Waals surface area (Å²) < 4.78 is 30.2. The molecule has 0 aromatic heterocycles. The third-order valence-electron chi connectivity index (χ3n) is 5.73. The molecule has 0 saturated carbocycles. The van der Waals surface area contributed by atoms with E-state index in [1.165, 1.54) is 11.8 Å². The van der Waals surface area contributed by atoms with Crippen molar-refractivity contribution in [2.24, 2.45) is 4.99 Å². The van der Waals surface area contributed by atoms with Gasteiger partial charge in [-0.3, -0.25) is 4.99 Å². The quantitative estimate of drug-likeness (QED) is 0.548. The van der Waals surface area contributed by atoms with Crippen molar-refractivity contribution in [3.8, 4) is 11.5 Å². The molecule has 8 heteroatoms. The van der Waals surface area contributed by atoms with Crippen LogP contribution in [0, 0.1) is 5.82 Å². The number of ether oxygens (including phenoxy) is 3. The predicted octanol–water partition coefficient (Wildman–Crippen LogP) is 3.03. The number of rotatable bonds is 6. The summed E-state index contributed by atoms with van der Waals surface area (Å²) in [6.45, 7) is 7.56. The number of methoxy groups -OCH3 is 1. The predicted molar refractivity (Wildman–Crippen MR) is 123 cm³/mol. The molecule has 0 aliphatic carbocycles. The number of benzene rings is 2. The Kier molecular flexibility index (Phi) is 7.32. The number of anilines is 1. The van der Waals surface area contributed by atoms with E-state index in [2.05, 4.69) is 34.2 Å². The van der Waals surface area contributed by atoms with Gasteiger partial charge in [0, 0.05) is 56.6 Å². The van der Waals surface area contributed by atoms with Crippen molar-refractivity contribution in [1.82, 2.24) is 10.2 Å². The van der Waals surface area contributed by atoms with Gasteiger partial charge in [0.1, 0.15) is 17.3 Å². The molecule has 4 rings (SSSR count). The number of hydrogen-bond acceptors (Lipinski definition) is 5. The van der Waals surface area contributed by atoms with Gasteiger partial charge in [-0.25, -0.2) is 4.39 Å². The van der Waals surface area contributed by atoms with Crippen LogP contribution in [-0.4, -0.2) is 64.0 Å². The molecule has 2 heterocycles. The van der Waals surface area contributed by atoms with Gasteiger partial charge in [0.15, 0.2) is 12.8 Å². The van der Waals surface area contributed by atoms with E-state index < -0.39 is 0 Å². The highest BCUT2D eigenvalue weighted by Crippen LogP contribution is 2.29. The van der Waals surface area contributed by atoms with Crippen molar-refractivity contribution in [2.45, 2.75) is 20.0 Å². The van der Waals surface area contributed by atoms with Crippen LogP contribution in [0.15, 0.2) is 41.4 Å². The normalized spacial score (nSPS) is 16.4. The fraction of sp³-hybridized carbons (Fsp3) is 0.458. The smallest absolute Gasteiger partial charge is 0.194 e. The molecule has 0 radical (unpaired) electrons. The minimum absolute atomic E-state index is 0.203. The van der Waals surface area contributed by atoms with Gasteiger partial charge in [-0.15, -0.1) is 0 Å². The summed E-state index contributed by atoms with van der Waals surface area (Å²) in [5.41, 5.74) is 2.77. The molecule has 0 amide bonds. The Morgan fingerprint density at radius 3 is 2.81 bits per heavy atom. The molecule has 2 aliphatic heterocycles. The first kappa shape index (κ1) is 22.2. The topological polar surface area (TPSA) is 58.6 Å². The maximum absolute atomic E-state index is 14.0. The number of nitrogens with one attached hydrogen (secondary N) is 1. The lowest BCUT2D eigenvalue weighted by Crippen LogP contribution is -2.52. The van der Waals surface area contributed by atoms with E-state index in [-0.39, 0.29) is 12.6 Å². The first-order chi connectivity index (χ1) is 15.7.